The van der Waals surface area contributed by atoms with E-state index in [2.05, 4.69) is 25.3 Å². The van der Waals surface area contributed by atoms with Gasteiger partial charge in [0.05, 0.1) is 35.7 Å². The number of rotatable bonds is 6. The number of aliphatic hydroxyl groups excluding tert-OH is 1. The minimum absolute atomic E-state index is 0.316. The van der Waals surface area contributed by atoms with Gasteiger partial charge in [-0.2, -0.15) is 5.10 Å². The molecule has 1 aliphatic heterocycles. The fourth-order valence-electron chi connectivity index (χ4n) is 5.37. The van der Waals surface area contributed by atoms with Crippen molar-refractivity contribution in [3.63, 3.8) is 0 Å². The van der Waals surface area contributed by atoms with Gasteiger partial charge in [0.15, 0.2) is 0 Å². The van der Waals surface area contributed by atoms with Crippen LogP contribution in [0.3, 0.4) is 0 Å². The lowest BCUT2D eigenvalue weighted by Gasteiger charge is -2.35. The van der Waals surface area contributed by atoms with E-state index in [0.717, 1.165) is 59.8 Å². The Kier molecular flexibility index (Phi) is 6.03. The Morgan fingerprint density at radius 2 is 1.79 bits per heavy atom. The second kappa shape index (κ2) is 9.31. The zero-order valence-corrected chi connectivity index (χ0v) is 22.6. The highest BCUT2D eigenvalue weighted by molar-refractivity contribution is 7.98. The van der Waals surface area contributed by atoms with Crippen LogP contribution in [0, 0.1) is 12.3 Å². The number of anilines is 1. The molecule has 202 valence electrons. The molecule has 39 heavy (non-hydrogen) atoms. The predicted molar refractivity (Wildman–Crippen MR) is 148 cm³/mol. The van der Waals surface area contributed by atoms with Crippen LogP contribution >= 0.6 is 0 Å². The van der Waals surface area contributed by atoms with Gasteiger partial charge >= 0.3 is 0 Å². The van der Waals surface area contributed by atoms with Gasteiger partial charge < -0.3 is 10.0 Å². The molecule has 3 aromatic heterocycles. The van der Waals surface area contributed by atoms with Gasteiger partial charge in [0.2, 0.25) is 10.0 Å². The highest BCUT2D eigenvalue weighted by Gasteiger charge is 2.44. The number of benzene rings is 1. The van der Waals surface area contributed by atoms with Gasteiger partial charge in [-0.3, -0.25) is 9.67 Å². The highest BCUT2D eigenvalue weighted by atomic mass is 32.2. The third-order valence-corrected chi connectivity index (χ3v) is 8.75. The van der Waals surface area contributed by atoms with Gasteiger partial charge in [0, 0.05) is 43.2 Å². The Morgan fingerprint density at radius 1 is 1.03 bits per heavy atom. The maximum atomic E-state index is 12.1. The summed E-state index contributed by atoms with van der Waals surface area (Å²) in [7, 11) is -2.25. The summed E-state index contributed by atoms with van der Waals surface area (Å²) in [4.78, 5) is 6.57. The Labute approximate surface area is 226 Å². The molecule has 1 saturated carbocycles. The first-order valence-electron chi connectivity index (χ1n) is 12.8. The molecule has 1 spiro atoms. The van der Waals surface area contributed by atoms with Crippen molar-refractivity contribution in [2.24, 2.45) is 17.6 Å². The molecule has 0 unspecified atom stereocenters. The van der Waals surface area contributed by atoms with Gasteiger partial charge in [-0.15, -0.1) is 5.10 Å². The molecule has 1 aliphatic carbocycles. The first-order valence-corrected chi connectivity index (χ1v) is 14.4. The quantitative estimate of drug-likeness (QED) is 0.349. The smallest absolute Gasteiger partial charge is 0.241 e. The minimum atomic E-state index is -4.12. The van der Waals surface area contributed by atoms with Crippen LogP contribution in [0.1, 0.15) is 36.9 Å². The lowest BCUT2D eigenvalue weighted by molar-refractivity contribution is 0.384. The predicted octanol–water partition coefficient (Wildman–Crippen LogP) is 3.56. The van der Waals surface area contributed by atoms with Crippen molar-refractivity contribution in [2.75, 3.05) is 18.0 Å². The van der Waals surface area contributed by atoms with Crippen molar-refractivity contribution in [3.8, 4) is 28.2 Å². The zero-order chi connectivity index (χ0) is 27.4. The average Bonchev–Trinajstić information content (AvgIpc) is 3.27. The monoisotopic (exact) mass is 546 g/mol. The zero-order valence-electron chi connectivity index (χ0n) is 21.8. The summed E-state index contributed by atoms with van der Waals surface area (Å²) in [5.41, 5.74) is 6.46. The molecule has 0 atom stereocenters. The molecule has 1 aromatic carbocycles. The molecule has 3 N–H and O–H groups in total. The number of primary sulfonamides is 1. The van der Waals surface area contributed by atoms with Gasteiger partial charge in [-0.05, 0) is 67.9 Å². The van der Waals surface area contributed by atoms with Crippen LogP contribution in [0.2, 0.25) is 0 Å². The van der Waals surface area contributed by atoms with E-state index in [-0.39, 0.29) is 4.91 Å². The third kappa shape index (κ3) is 4.92. The number of piperidine rings is 1. The number of sulfonamides is 1. The lowest BCUT2D eigenvalue weighted by atomic mass is 9.93. The highest BCUT2D eigenvalue weighted by Crippen LogP contribution is 2.54. The van der Waals surface area contributed by atoms with E-state index in [0.29, 0.717) is 22.9 Å². The molecule has 2 fully saturated rings. The second-order valence-corrected chi connectivity index (χ2v) is 12.1. The molecule has 0 radical (unpaired) electrons. The van der Waals surface area contributed by atoms with Crippen molar-refractivity contribution >= 4 is 20.6 Å². The number of pyridine rings is 1. The Bertz CT molecular complexity index is 1690. The van der Waals surface area contributed by atoms with E-state index in [1.54, 1.807) is 33.8 Å². The number of nitrogens with two attached hydrogens (primary N) is 1. The number of aliphatic hydroxyl groups is 1. The maximum absolute atomic E-state index is 12.1. The van der Waals surface area contributed by atoms with E-state index in [1.807, 2.05) is 38.5 Å². The maximum Gasteiger partial charge on any atom is 0.241 e. The standard InChI is InChI=1S/C27H30N8O3S/c1-18-11-20(12-22(30-18)21-14-29-33(2)15-21)23-16-35(32-31-23)24-4-3-19(26(17-36)39(28,37)38)13-25(24)34-9-7-27(5-6-27)8-10-34/h3-4,11-17,36H,5-10H2,1-2H3,(H2,28,37,38). The van der Waals surface area contributed by atoms with E-state index in [1.165, 1.54) is 12.8 Å². The molecule has 0 bridgehead atoms. The fraction of sp³-hybridized carbons (Fsp3) is 0.333. The van der Waals surface area contributed by atoms with Gasteiger partial charge in [0.1, 0.15) is 10.6 Å². The summed E-state index contributed by atoms with van der Waals surface area (Å²) in [5, 5.41) is 28.2. The molecular formula is C27H30N8O3S. The van der Waals surface area contributed by atoms with E-state index >= 15 is 0 Å². The Morgan fingerprint density at radius 3 is 2.44 bits per heavy atom. The summed E-state index contributed by atoms with van der Waals surface area (Å²) in [6, 6.07) is 9.09. The average molecular weight is 547 g/mol. The normalized spacial score (nSPS) is 17.1. The number of aryl methyl sites for hydroxylation is 2. The molecular weight excluding hydrogens is 516 g/mol. The second-order valence-electron chi connectivity index (χ2n) is 10.6. The number of hydrogen-bond donors (Lipinski definition) is 2. The van der Waals surface area contributed by atoms with Crippen molar-refractivity contribution < 1.29 is 13.5 Å². The summed E-state index contributed by atoms with van der Waals surface area (Å²) in [6.45, 7) is 3.64. The number of hydrogen-bond acceptors (Lipinski definition) is 8. The molecule has 2 aliphatic rings. The van der Waals surface area contributed by atoms with Crippen molar-refractivity contribution in [1.82, 2.24) is 29.8 Å². The molecule has 11 nitrogen and oxygen atoms in total. The van der Waals surface area contributed by atoms with Crippen LogP contribution in [0.4, 0.5) is 5.69 Å². The van der Waals surface area contributed by atoms with Crippen molar-refractivity contribution in [3.05, 3.63) is 66.4 Å². The summed E-state index contributed by atoms with van der Waals surface area (Å²) < 4.78 is 27.7. The number of aromatic nitrogens is 6. The topological polar surface area (TPSA) is 145 Å². The Hall–Kier alpha value is -4.03. The molecule has 4 aromatic rings. The van der Waals surface area contributed by atoms with Crippen LogP contribution in [-0.4, -0.2) is 56.4 Å². The van der Waals surface area contributed by atoms with Crippen LogP contribution in [0.15, 0.2) is 55.2 Å². The summed E-state index contributed by atoms with van der Waals surface area (Å²) >= 11 is 0. The molecule has 4 heterocycles. The van der Waals surface area contributed by atoms with Gasteiger partial charge in [-0.1, -0.05) is 11.3 Å². The molecule has 1 saturated heterocycles. The number of nitrogens with zero attached hydrogens (tertiary/aromatic N) is 7. The largest absolute Gasteiger partial charge is 0.514 e. The van der Waals surface area contributed by atoms with Gasteiger partial charge in [0.25, 0.3) is 0 Å². The lowest BCUT2D eigenvalue weighted by Crippen LogP contribution is -2.35. The first-order chi connectivity index (χ1) is 18.6. The van der Waals surface area contributed by atoms with Crippen molar-refractivity contribution in [2.45, 2.75) is 32.6 Å². The van der Waals surface area contributed by atoms with Crippen LogP contribution in [-0.2, 0) is 17.1 Å². The minimum Gasteiger partial charge on any atom is -0.514 e. The van der Waals surface area contributed by atoms with Crippen LogP contribution in [0.25, 0.3) is 33.1 Å². The van der Waals surface area contributed by atoms with E-state index in [4.69, 9.17) is 5.14 Å². The van der Waals surface area contributed by atoms with Crippen LogP contribution in [0.5, 0.6) is 0 Å². The Balaban J connectivity index is 1.39. The van der Waals surface area contributed by atoms with E-state index in [9.17, 15) is 13.5 Å². The summed E-state index contributed by atoms with van der Waals surface area (Å²) in [5.74, 6) is 0. The summed E-state index contributed by atoms with van der Waals surface area (Å²) in [6.07, 6.45) is 10.8. The SMILES string of the molecule is Cc1cc(-c2cn(-c3ccc(C(=CO)S(N)(=O)=O)cc3N3CCC4(CC3)CC4)nn2)cc(-c2cnn(C)c2)n1. The van der Waals surface area contributed by atoms with Crippen LogP contribution < -0.4 is 10.0 Å². The molecule has 6 rings (SSSR count). The molecule has 12 heteroatoms. The fourth-order valence-corrected chi connectivity index (χ4v) is 5.97. The van der Waals surface area contributed by atoms with Crippen molar-refractivity contribution in [1.29, 1.82) is 0 Å². The van der Waals surface area contributed by atoms with E-state index < -0.39 is 10.0 Å². The third-order valence-electron chi connectivity index (χ3n) is 7.80. The van der Waals surface area contributed by atoms with Gasteiger partial charge in [-0.25, -0.2) is 18.2 Å². The first kappa shape index (κ1) is 25.3. The molecule has 0 amide bonds.